The monoisotopic (exact) mass is 240 g/mol. The fraction of sp³-hybridized carbons (Fsp3) is 0.538. The van der Waals surface area contributed by atoms with Crippen molar-refractivity contribution in [3.63, 3.8) is 0 Å². The summed E-state index contributed by atoms with van der Waals surface area (Å²) in [7, 11) is 0. The molecule has 2 rings (SSSR count). The number of hydrogen-bond donors (Lipinski definition) is 1. The summed E-state index contributed by atoms with van der Waals surface area (Å²) >= 11 is 0. The van der Waals surface area contributed by atoms with Crippen molar-refractivity contribution < 1.29 is 8.78 Å². The molecule has 0 bridgehead atoms. The molecule has 1 heterocycles. The van der Waals surface area contributed by atoms with Crippen molar-refractivity contribution >= 4 is 0 Å². The third-order valence-corrected chi connectivity index (χ3v) is 3.08. The van der Waals surface area contributed by atoms with Gasteiger partial charge in [0.25, 0.3) is 0 Å². The molecule has 0 aliphatic carbocycles. The molecule has 0 aromatic heterocycles. The van der Waals surface area contributed by atoms with Gasteiger partial charge in [0.2, 0.25) is 0 Å². The van der Waals surface area contributed by atoms with Gasteiger partial charge in [0.15, 0.2) is 0 Å². The Morgan fingerprint density at radius 2 is 2.24 bits per heavy atom. The van der Waals surface area contributed by atoms with E-state index in [0.29, 0.717) is 18.0 Å². The average molecular weight is 240 g/mol. The minimum Gasteiger partial charge on any atom is -0.315 e. The van der Waals surface area contributed by atoms with Crippen LogP contribution in [0.3, 0.4) is 0 Å². The number of nitrogens with one attached hydrogen (secondary N) is 1. The van der Waals surface area contributed by atoms with Crippen molar-refractivity contribution in [2.75, 3.05) is 26.2 Å². The fourth-order valence-corrected chi connectivity index (χ4v) is 2.22. The van der Waals surface area contributed by atoms with E-state index in [1.54, 1.807) is 0 Å². The van der Waals surface area contributed by atoms with Gasteiger partial charge in [0.1, 0.15) is 11.6 Å². The summed E-state index contributed by atoms with van der Waals surface area (Å²) in [5.41, 5.74) is 0.570. The number of halogens is 2. The lowest BCUT2D eigenvalue weighted by Gasteiger charge is -2.22. The second kappa shape index (κ2) is 5.56. The van der Waals surface area contributed by atoms with Gasteiger partial charge in [-0.25, -0.2) is 8.78 Å². The van der Waals surface area contributed by atoms with Crippen molar-refractivity contribution in [3.05, 3.63) is 35.4 Å². The Morgan fingerprint density at radius 1 is 1.41 bits per heavy atom. The van der Waals surface area contributed by atoms with Crippen LogP contribution in [0.1, 0.15) is 12.5 Å². The lowest BCUT2D eigenvalue weighted by molar-refractivity contribution is 0.253. The minimum atomic E-state index is -0.517. The largest absolute Gasteiger partial charge is 0.315 e. The van der Waals surface area contributed by atoms with E-state index in [-0.39, 0.29) is 0 Å². The predicted molar refractivity (Wildman–Crippen MR) is 63.7 cm³/mol. The Balaban J connectivity index is 2.03. The van der Waals surface area contributed by atoms with Gasteiger partial charge in [-0.2, -0.15) is 0 Å². The van der Waals surface area contributed by atoms with E-state index in [4.69, 9.17) is 0 Å². The zero-order valence-corrected chi connectivity index (χ0v) is 10.0. The molecule has 1 aliphatic heterocycles. The quantitative estimate of drug-likeness (QED) is 0.850. The Labute approximate surface area is 101 Å². The zero-order chi connectivity index (χ0) is 12.3. The van der Waals surface area contributed by atoms with E-state index in [0.717, 1.165) is 32.2 Å². The molecule has 4 heteroatoms. The Kier molecular flexibility index (Phi) is 4.07. The van der Waals surface area contributed by atoms with Crippen molar-refractivity contribution in [1.29, 1.82) is 0 Å². The van der Waals surface area contributed by atoms with E-state index in [1.165, 1.54) is 12.1 Å². The van der Waals surface area contributed by atoms with Gasteiger partial charge < -0.3 is 5.32 Å². The Bertz CT molecular complexity index is 382. The summed E-state index contributed by atoms with van der Waals surface area (Å²) in [5, 5.41) is 3.34. The highest BCUT2D eigenvalue weighted by molar-refractivity contribution is 5.18. The molecule has 1 aliphatic rings. The molecule has 1 atom stereocenters. The van der Waals surface area contributed by atoms with Crippen LogP contribution in [0.4, 0.5) is 8.78 Å². The number of nitrogens with zero attached hydrogens (tertiary/aromatic N) is 1. The highest BCUT2D eigenvalue weighted by atomic mass is 19.1. The smallest absolute Gasteiger partial charge is 0.130 e. The second-order valence-corrected chi connectivity index (χ2v) is 4.78. The van der Waals surface area contributed by atoms with Crippen molar-refractivity contribution in [2.45, 2.75) is 13.5 Å². The van der Waals surface area contributed by atoms with E-state index < -0.39 is 11.6 Å². The predicted octanol–water partition coefficient (Wildman–Crippen LogP) is 2.01. The maximum absolute atomic E-state index is 13.5. The first-order valence-electron chi connectivity index (χ1n) is 6.02. The van der Waals surface area contributed by atoms with Crippen LogP contribution >= 0.6 is 0 Å². The summed E-state index contributed by atoms with van der Waals surface area (Å²) in [5.74, 6) is -0.409. The van der Waals surface area contributed by atoms with Gasteiger partial charge >= 0.3 is 0 Å². The molecule has 0 spiro atoms. The van der Waals surface area contributed by atoms with Crippen LogP contribution in [-0.2, 0) is 6.54 Å². The van der Waals surface area contributed by atoms with Crippen LogP contribution in [0.5, 0.6) is 0 Å². The van der Waals surface area contributed by atoms with Gasteiger partial charge in [-0.15, -0.1) is 0 Å². The molecule has 0 saturated carbocycles. The molecule has 17 heavy (non-hydrogen) atoms. The van der Waals surface area contributed by atoms with Crippen LogP contribution in [0, 0.1) is 17.6 Å². The maximum atomic E-state index is 13.5. The molecule has 0 amide bonds. The van der Waals surface area contributed by atoms with Crippen molar-refractivity contribution in [2.24, 2.45) is 5.92 Å². The van der Waals surface area contributed by atoms with Gasteiger partial charge in [0.05, 0.1) is 0 Å². The first-order valence-corrected chi connectivity index (χ1v) is 6.02. The summed E-state index contributed by atoms with van der Waals surface area (Å²) in [6, 6.07) is 3.81. The van der Waals surface area contributed by atoms with Crippen LogP contribution in [-0.4, -0.2) is 31.1 Å². The number of benzene rings is 1. The van der Waals surface area contributed by atoms with E-state index in [1.807, 2.05) is 0 Å². The Morgan fingerprint density at radius 3 is 3.00 bits per heavy atom. The molecule has 0 radical (unpaired) electrons. The van der Waals surface area contributed by atoms with Gasteiger partial charge in [-0.3, -0.25) is 4.90 Å². The molecular formula is C13H18F2N2. The highest BCUT2D eigenvalue weighted by Gasteiger charge is 2.15. The summed E-state index contributed by atoms with van der Waals surface area (Å²) in [6.45, 7) is 6.50. The third-order valence-electron chi connectivity index (χ3n) is 3.08. The molecular weight excluding hydrogens is 222 g/mol. The SMILES string of the molecule is CC1CNCCN(Cc2ccc(F)cc2F)C1. The summed E-state index contributed by atoms with van der Waals surface area (Å²) in [4.78, 5) is 2.21. The molecule has 2 nitrogen and oxygen atoms in total. The molecule has 1 unspecified atom stereocenters. The first kappa shape index (κ1) is 12.5. The van der Waals surface area contributed by atoms with Crippen molar-refractivity contribution in [3.8, 4) is 0 Å². The summed E-state index contributed by atoms with van der Waals surface area (Å²) in [6.07, 6.45) is 0. The molecule has 1 fully saturated rings. The number of hydrogen-bond acceptors (Lipinski definition) is 2. The molecule has 1 N–H and O–H groups in total. The van der Waals surface area contributed by atoms with Gasteiger partial charge in [-0.1, -0.05) is 13.0 Å². The third kappa shape index (κ3) is 3.48. The topological polar surface area (TPSA) is 15.3 Å². The molecule has 94 valence electrons. The first-order chi connectivity index (χ1) is 8.15. The fourth-order valence-electron chi connectivity index (χ4n) is 2.22. The molecule has 1 aromatic rings. The lowest BCUT2D eigenvalue weighted by atomic mass is 10.1. The molecule has 1 aromatic carbocycles. The zero-order valence-electron chi connectivity index (χ0n) is 10.0. The van der Waals surface area contributed by atoms with E-state index in [9.17, 15) is 8.78 Å². The molecule has 1 saturated heterocycles. The van der Waals surface area contributed by atoms with Crippen LogP contribution in [0.15, 0.2) is 18.2 Å². The highest BCUT2D eigenvalue weighted by Crippen LogP contribution is 2.13. The average Bonchev–Trinajstić information content (AvgIpc) is 2.47. The van der Waals surface area contributed by atoms with E-state index >= 15 is 0 Å². The maximum Gasteiger partial charge on any atom is 0.130 e. The van der Waals surface area contributed by atoms with Crippen LogP contribution < -0.4 is 5.32 Å². The summed E-state index contributed by atoms with van der Waals surface area (Å²) < 4.78 is 26.3. The van der Waals surface area contributed by atoms with Crippen molar-refractivity contribution in [1.82, 2.24) is 10.2 Å². The lowest BCUT2D eigenvalue weighted by Crippen LogP contribution is -2.29. The van der Waals surface area contributed by atoms with Gasteiger partial charge in [0, 0.05) is 37.8 Å². The van der Waals surface area contributed by atoms with Gasteiger partial charge in [-0.05, 0) is 18.5 Å². The minimum absolute atomic E-state index is 0.449. The van der Waals surface area contributed by atoms with E-state index in [2.05, 4.69) is 17.1 Å². The number of rotatable bonds is 2. The Hall–Kier alpha value is -1.00. The van der Waals surface area contributed by atoms with Crippen LogP contribution in [0.25, 0.3) is 0 Å². The van der Waals surface area contributed by atoms with Crippen LogP contribution in [0.2, 0.25) is 0 Å². The normalized spacial score (nSPS) is 22.4. The second-order valence-electron chi connectivity index (χ2n) is 4.78. The standard InChI is InChI=1S/C13H18F2N2/c1-10-7-16-4-5-17(8-10)9-11-2-3-12(14)6-13(11)15/h2-3,6,10,16H,4-5,7-9H2,1H3.